The summed E-state index contributed by atoms with van der Waals surface area (Å²) >= 11 is 1.96. The van der Waals surface area contributed by atoms with Gasteiger partial charge in [-0.15, -0.1) is 0 Å². The van der Waals surface area contributed by atoms with Crippen molar-refractivity contribution in [1.29, 1.82) is 0 Å². The van der Waals surface area contributed by atoms with Crippen LogP contribution in [0.25, 0.3) is 0 Å². The van der Waals surface area contributed by atoms with Gasteiger partial charge in [-0.05, 0) is 37.0 Å². The molecule has 1 aliphatic carbocycles. The van der Waals surface area contributed by atoms with Gasteiger partial charge in [-0.2, -0.15) is 0 Å². The molecule has 1 fully saturated rings. The number of rotatable bonds is 6. The highest BCUT2D eigenvalue weighted by atomic mass is 32.2. The minimum absolute atomic E-state index is 0.633. The number of thioether (sulfide) groups is 1. The zero-order valence-corrected chi connectivity index (χ0v) is 12.3. The van der Waals surface area contributed by atoms with E-state index in [2.05, 4.69) is 31.1 Å². The Hall–Kier alpha value is -0.180. The second kappa shape index (κ2) is 5.64. The highest BCUT2D eigenvalue weighted by molar-refractivity contribution is 8.14. The molecule has 0 radical (unpaired) electrons. The number of hydrogen-bond acceptors (Lipinski definition) is 3. The van der Waals surface area contributed by atoms with E-state index in [-0.39, 0.29) is 0 Å². The Kier molecular flexibility index (Phi) is 4.40. The Bertz CT molecular complexity index is 282. The van der Waals surface area contributed by atoms with E-state index in [1.807, 2.05) is 11.8 Å². The largest absolute Gasteiger partial charge is 0.364 e. The predicted molar refractivity (Wildman–Crippen MR) is 77.7 cm³/mol. The number of hydrogen-bond donors (Lipinski definition) is 1. The van der Waals surface area contributed by atoms with Crippen LogP contribution in [0.15, 0.2) is 4.99 Å². The van der Waals surface area contributed by atoms with E-state index in [0.29, 0.717) is 5.41 Å². The molecule has 3 heteroatoms. The van der Waals surface area contributed by atoms with Crippen molar-refractivity contribution in [1.82, 2.24) is 5.32 Å². The summed E-state index contributed by atoms with van der Waals surface area (Å²) in [5, 5.41) is 5.51. The number of nitrogens with one attached hydrogen (secondary N) is 1. The molecular weight excluding hydrogens is 228 g/mol. The van der Waals surface area contributed by atoms with Crippen molar-refractivity contribution >= 4 is 16.9 Å². The van der Waals surface area contributed by atoms with Crippen LogP contribution in [-0.4, -0.2) is 23.5 Å². The molecule has 0 aromatic heterocycles. The summed E-state index contributed by atoms with van der Waals surface area (Å²) in [6, 6.07) is 0. The lowest BCUT2D eigenvalue weighted by Gasteiger charge is -2.16. The molecule has 0 aromatic carbocycles. The van der Waals surface area contributed by atoms with Gasteiger partial charge >= 0.3 is 0 Å². The Morgan fingerprint density at radius 2 is 2.24 bits per heavy atom. The van der Waals surface area contributed by atoms with Crippen molar-refractivity contribution in [2.75, 3.05) is 13.1 Å². The summed E-state index contributed by atoms with van der Waals surface area (Å²) in [5.74, 6) is 0.789. The average molecular weight is 254 g/mol. The fraction of sp³-hybridized carbons (Fsp3) is 0.929. The average Bonchev–Trinajstić information content (AvgIpc) is 2.88. The maximum atomic E-state index is 4.63. The molecular formula is C14H26N2S. The summed E-state index contributed by atoms with van der Waals surface area (Å²) in [4.78, 5) is 4.63. The van der Waals surface area contributed by atoms with E-state index in [0.717, 1.165) is 24.3 Å². The third-order valence-electron chi connectivity index (χ3n) is 3.80. The summed E-state index contributed by atoms with van der Waals surface area (Å²) in [6.45, 7) is 9.06. The molecule has 2 aliphatic rings. The quantitative estimate of drug-likeness (QED) is 0.782. The summed E-state index contributed by atoms with van der Waals surface area (Å²) in [6.07, 6.45) is 6.83. The molecule has 2 rings (SSSR count). The first-order valence-electron chi connectivity index (χ1n) is 7.08. The van der Waals surface area contributed by atoms with Crippen molar-refractivity contribution in [3.8, 4) is 0 Å². The van der Waals surface area contributed by atoms with Gasteiger partial charge in [0.2, 0.25) is 0 Å². The van der Waals surface area contributed by atoms with Crippen molar-refractivity contribution in [3.05, 3.63) is 0 Å². The summed E-state index contributed by atoms with van der Waals surface area (Å²) in [5.41, 5.74) is 0.633. The van der Waals surface area contributed by atoms with E-state index in [1.165, 1.54) is 37.3 Å². The molecule has 0 bridgehead atoms. The van der Waals surface area contributed by atoms with Crippen LogP contribution in [0.4, 0.5) is 0 Å². The van der Waals surface area contributed by atoms with E-state index < -0.39 is 0 Å². The Morgan fingerprint density at radius 1 is 1.47 bits per heavy atom. The van der Waals surface area contributed by atoms with Crippen LogP contribution < -0.4 is 5.32 Å². The number of aliphatic imine (C=N–C) groups is 1. The van der Waals surface area contributed by atoms with Gasteiger partial charge < -0.3 is 5.32 Å². The van der Waals surface area contributed by atoms with Gasteiger partial charge in [0.25, 0.3) is 0 Å². The zero-order valence-electron chi connectivity index (χ0n) is 11.5. The van der Waals surface area contributed by atoms with Crippen LogP contribution in [0, 0.1) is 11.3 Å². The smallest absolute Gasteiger partial charge is 0.156 e. The van der Waals surface area contributed by atoms with E-state index in [9.17, 15) is 0 Å². The Balaban J connectivity index is 1.68. The second-order valence-electron chi connectivity index (χ2n) is 6.12. The van der Waals surface area contributed by atoms with E-state index >= 15 is 0 Å². The Labute approximate surface area is 110 Å². The molecule has 0 amide bonds. The van der Waals surface area contributed by atoms with Crippen molar-refractivity contribution in [3.63, 3.8) is 0 Å². The molecule has 1 N–H and O–H groups in total. The monoisotopic (exact) mass is 254 g/mol. The van der Waals surface area contributed by atoms with Crippen LogP contribution in [0.3, 0.4) is 0 Å². The second-order valence-corrected chi connectivity index (χ2v) is 7.41. The fourth-order valence-electron chi connectivity index (χ4n) is 2.65. The summed E-state index contributed by atoms with van der Waals surface area (Å²) in [7, 11) is 0. The lowest BCUT2D eigenvalue weighted by Crippen LogP contribution is -2.27. The Morgan fingerprint density at radius 3 is 2.82 bits per heavy atom. The molecule has 1 unspecified atom stereocenters. The fourth-order valence-corrected chi connectivity index (χ4v) is 3.90. The van der Waals surface area contributed by atoms with Crippen molar-refractivity contribution < 1.29 is 0 Å². The molecule has 0 spiro atoms. The SMILES string of the molecule is CCCC1(CNC2=NCC(CC(C)C)S2)CC1. The number of nitrogens with zero attached hydrogens (tertiary/aromatic N) is 1. The first kappa shape index (κ1) is 13.3. The number of amidine groups is 1. The molecule has 0 saturated heterocycles. The van der Waals surface area contributed by atoms with E-state index in [1.54, 1.807) is 0 Å². The van der Waals surface area contributed by atoms with Gasteiger partial charge in [0, 0.05) is 11.8 Å². The predicted octanol–water partition coefficient (Wildman–Crippen LogP) is 3.67. The lowest BCUT2D eigenvalue weighted by atomic mass is 10.0. The normalized spacial score (nSPS) is 26.1. The molecule has 2 nitrogen and oxygen atoms in total. The highest BCUT2D eigenvalue weighted by Crippen LogP contribution is 2.49. The van der Waals surface area contributed by atoms with Crippen molar-refractivity contribution in [2.24, 2.45) is 16.3 Å². The maximum absolute atomic E-state index is 4.63. The molecule has 17 heavy (non-hydrogen) atoms. The van der Waals surface area contributed by atoms with Crippen LogP contribution in [0.1, 0.15) is 52.9 Å². The third-order valence-corrected chi connectivity index (χ3v) is 4.97. The first-order valence-corrected chi connectivity index (χ1v) is 7.96. The van der Waals surface area contributed by atoms with Gasteiger partial charge in [-0.25, -0.2) is 0 Å². The molecule has 1 heterocycles. The minimum Gasteiger partial charge on any atom is -0.364 e. The van der Waals surface area contributed by atoms with Crippen LogP contribution in [0.2, 0.25) is 0 Å². The van der Waals surface area contributed by atoms with Crippen LogP contribution in [-0.2, 0) is 0 Å². The standard InChI is InChI=1S/C14H26N2S/c1-4-5-14(6-7-14)10-16-13-15-9-12(17-13)8-11(2)3/h11-12H,4-10H2,1-3H3,(H,15,16). The topological polar surface area (TPSA) is 24.4 Å². The maximum Gasteiger partial charge on any atom is 0.156 e. The van der Waals surface area contributed by atoms with Gasteiger partial charge in [0.05, 0.1) is 6.54 Å². The first-order chi connectivity index (χ1) is 8.13. The molecule has 1 saturated carbocycles. The van der Waals surface area contributed by atoms with Gasteiger partial charge in [-0.3, -0.25) is 4.99 Å². The van der Waals surface area contributed by atoms with Gasteiger partial charge in [0.1, 0.15) is 0 Å². The molecule has 1 atom stereocenters. The molecule has 0 aromatic rings. The third kappa shape index (κ3) is 3.90. The summed E-state index contributed by atoms with van der Waals surface area (Å²) < 4.78 is 0. The van der Waals surface area contributed by atoms with Crippen molar-refractivity contribution in [2.45, 2.75) is 58.1 Å². The lowest BCUT2D eigenvalue weighted by molar-refractivity contribution is 0.454. The molecule has 1 aliphatic heterocycles. The van der Waals surface area contributed by atoms with E-state index in [4.69, 9.17) is 0 Å². The highest BCUT2D eigenvalue weighted by Gasteiger charge is 2.41. The minimum atomic E-state index is 0.633. The van der Waals surface area contributed by atoms with Gasteiger partial charge in [0.15, 0.2) is 5.17 Å². The van der Waals surface area contributed by atoms with Gasteiger partial charge in [-0.1, -0.05) is 39.0 Å². The van der Waals surface area contributed by atoms with Crippen LogP contribution >= 0.6 is 11.8 Å². The van der Waals surface area contributed by atoms with Crippen LogP contribution in [0.5, 0.6) is 0 Å². The molecule has 98 valence electrons. The zero-order chi connectivity index (χ0) is 12.3.